The van der Waals surface area contributed by atoms with Gasteiger partial charge in [-0.05, 0) is 57.0 Å². The smallest absolute Gasteiger partial charge is 0.264 e. The second kappa shape index (κ2) is 13.2. The molecule has 202 valence electrons. The molecular weight excluding hydrogens is 498 g/mol. The molecule has 8 heteroatoms. The Bertz CT molecular complexity index is 1330. The topological polar surface area (TPSA) is 86.8 Å². The third-order valence-electron chi connectivity index (χ3n) is 6.36. The van der Waals surface area contributed by atoms with Gasteiger partial charge in [0.2, 0.25) is 11.8 Å². The average Bonchev–Trinajstić information content (AvgIpc) is 2.91. The monoisotopic (exact) mass is 535 g/mol. The van der Waals surface area contributed by atoms with Crippen LogP contribution in [0.25, 0.3) is 0 Å². The average molecular weight is 536 g/mol. The highest BCUT2D eigenvalue weighted by Gasteiger charge is 2.32. The highest BCUT2D eigenvalue weighted by atomic mass is 32.2. The molecule has 1 atom stereocenters. The molecule has 3 rings (SSSR count). The van der Waals surface area contributed by atoms with Crippen molar-refractivity contribution in [1.29, 1.82) is 0 Å². The number of hydrogen-bond donors (Lipinski definition) is 1. The first-order valence-electron chi connectivity index (χ1n) is 12.9. The number of carbonyl (C=O) groups is 2. The van der Waals surface area contributed by atoms with Crippen molar-refractivity contribution in [2.45, 2.75) is 58.0 Å². The number of amides is 2. The lowest BCUT2D eigenvalue weighted by atomic mass is 10.1. The van der Waals surface area contributed by atoms with Crippen molar-refractivity contribution in [2.75, 3.05) is 17.4 Å². The molecule has 0 aliphatic carbocycles. The predicted octanol–water partition coefficient (Wildman–Crippen LogP) is 4.83. The summed E-state index contributed by atoms with van der Waals surface area (Å²) in [6.07, 6.45) is 1.77. The largest absolute Gasteiger partial charge is 0.354 e. The van der Waals surface area contributed by atoms with E-state index in [1.165, 1.54) is 17.0 Å². The van der Waals surface area contributed by atoms with Crippen LogP contribution in [0.15, 0.2) is 83.8 Å². The van der Waals surface area contributed by atoms with E-state index >= 15 is 0 Å². The lowest BCUT2D eigenvalue weighted by molar-refractivity contribution is -0.139. The summed E-state index contributed by atoms with van der Waals surface area (Å²) in [6.45, 7) is 7.83. The van der Waals surface area contributed by atoms with E-state index in [2.05, 4.69) is 5.32 Å². The zero-order valence-electron chi connectivity index (χ0n) is 22.6. The van der Waals surface area contributed by atoms with E-state index in [9.17, 15) is 18.0 Å². The number of unbranched alkanes of at least 4 members (excludes halogenated alkanes) is 1. The minimum absolute atomic E-state index is 0.0870. The minimum Gasteiger partial charge on any atom is -0.354 e. The summed E-state index contributed by atoms with van der Waals surface area (Å²) in [6, 6.07) is 22.0. The van der Waals surface area contributed by atoms with Crippen molar-refractivity contribution in [1.82, 2.24) is 10.2 Å². The summed E-state index contributed by atoms with van der Waals surface area (Å²) in [7, 11) is -4.05. The van der Waals surface area contributed by atoms with Gasteiger partial charge in [0.05, 0.1) is 10.6 Å². The van der Waals surface area contributed by atoms with Crippen molar-refractivity contribution >= 4 is 27.5 Å². The molecule has 0 radical (unpaired) electrons. The van der Waals surface area contributed by atoms with Gasteiger partial charge in [0.25, 0.3) is 10.0 Å². The quantitative estimate of drug-likeness (QED) is 0.337. The standard InChI is InChI=1S/C30H37N3O4S/c1-5-6-19-31-30(35)25(4)32(21-26-12-10-11-24(3)20-26)29(34)22-33(27-17-15-23(2)16-18-27)38(36,37)28-13-8-7-9-14-28/h7-18,20,25H,5-6,19,21-22H2,1-4H3,(H,31,35)/t25-/m1/s1. The number of nitrogens with one attached hydrogen (secondary N) is 1. The fraction of sp³-hybridized carbons (Fsp3) is 0.333. The third kappa shape index (κ3) is 7.44. The molecule has 0 bridgehead atoms. The maximum atomic E-state index is 13.9. The van der Waals surface area contributed by atoms with Gasteiger partial charge in [-0.15, -0.1) is 0 Å². The van der Waals surface area contributed by atoms with Gasteiger partial charge in [0.1, 0.15) is 12.6 Å². The summed E-state index contributed by atoms with van der Waals surface area (Å²) >= 11 is 0. The van der Waals surface area contributed by atoms with Crippen LogP contribution in [-0.2, 0) is 26.2 Å². The Morgan fingerprint density at radius 3 is 2.21 bits per heavy atom. The highest BCUT2D eigenvalue weighted by molar-refractivity contribution is 7.92. The van der Waals surface area contributed by atoms with Crippen molar-refractivity contribution < 1.29 is 18.0 Å². The van der Waals surface area contributed by atoms with Crippen LogP contribution in [0.4, 0.5) is 5.69 Å². The molecule has 0 aliphatic heterocycles. The molecule has 3 aromatic carbocycles. The molecular formula is C30H37N3O4S. The summed E-state index contributed by atoms with van der Waals surface area (Å²) in [5.74, 6) is -0.739. The number of sulfonamides is 1. The molecule has 0 spiro atoms. The van der Waals surface area contributed by atoms with Crippen LogP contribution in [0.3, 0.4) is 0 Å². The van der Waals surface area contributed by atoms with Gasteiger partial charge in [0, 0.05) is 13.1 Å². The second-order valence-corrected chi connectivity index (χ2v) is 11.4. The van der Waals surface area contributed by atoms with Crippen LogP contribution in [0, 0.1) is 13.8 Å². The molecule has 38 heavy (non-hydrogen) atoms. The van der Waals surface area contributed by atoms with E-state index in [0.29, 0.717) is 12.2 Å². The Hall–Kier alpha value is -3.65. The lowest BCUT2D eigenvalue weighted by Gasteiger charge is -2.32. The third-order valence-corrected chi connectivity index (χ3v) is 8.15. The van der Waals surface area contributed by atoms with Crippen LogP contribution < -0.4 is 9.62 Å². The fourth-order valence-corrected chi connectivity index (χ4v) is 5.52. The molecule has 0 fully saturated rings. The van der Waals surface area contributed by atoms with Crippen molar-refractivity contribution in [2.24, 2.45) is 0 Å². The Morgan fingerprint density at radius 1 is 0.895 bits per heavy atom. The lowest BCUT2D eigenvalue weighted by Crippen LogP contribution is -2.51. The Kier molecular flexibility index (Phi) is 10.1. The molecule has 3 aromatic rings. The number of aryl methyl sites for hydroxylation is 2. The fourth-order valence-electron chi connectivity index (χ4n) is 4.09. The zero-order valence-corrected chi connectivity index (χ0v) is 23.4. The molecule has 0 aromatic heterocycles. The molecule has 7 nitrogen and oxygen atoms in total. The van der Waals surface area contributed by atoms with Crippen LogP contribution >= 0.6 is 0 Å². The molecule has 0 saturated heterocycles. The highest BCUT2D eigenvalue weighted by Crippen LogP contribution is 2.25. The van der Waals surface area contributed by atoms with Gasteiger partial charge in [-0.2, -0.15) is 0 Å². The molecule has 2 amide bonds. The number of hydrogen-bond acceptors (Lipinski definition) is 4. The van der Waals surface area contributed by atoms with Crippen molar-refractivity contribution in [3.63, 3.8) is 0 Å². The molecule has 0 unspecified atom stereocenters. The van der Waals surface area contributed by atoms with E-state index in [-0.39, 0.29) is 17.3 Å². The Morgan fingerprint density at radius 2 is 1.58 bits per heavy atom. The van der Waals surface area contributed by atoms with Gasteiger partial charge in [0.15, 0.2) is 0 Å². The number of rotatable bonds is 12. The SMILES string of the molecule is CCCCNC(=O)[C@@H](C)N(Cc1cccc(C)c1)C(=O)CN(c1ccc(C)cc1)S(=O)(=O)c1ccccc1. The van der Waals surface area contributed by atoms with Gasteiger partial charge in [-0.1, -0.05) is 79.1 Å². The first-order chi connectivity index (χ1) is 18.1. The van der Waals surface area contributed by atoms with E-state index in [4.69, 9.17) is 0 Å². The van der Waals surface area contributed by atoms with Crippen LogP contribution in [0.1, 0.15) is 43.4 Å². The maximum Gasteiger partial charge on any atom is 0.264 e. The summed E-state index contributed by atoms with van der Waals surface area (Å²) < 4.78 is 28.6. The van der Waals surface area contributed by atoms with Gasteiger partial charge in [-0.3, -0.25) is 13.9 Å². The van der Waals surface area contributed by atoms with Gasteiger partial charge in [-0.25, -0.2) is 8.42 Å². The van der Waals surface area contributed by atoms with Crippen LogP contribution in [0.2, 0.25) is 0 Å². The normalized spacial score (nSPS) is 12.0. The molecule has 1 N–H and O–H groups in total. The number of anilines is 1. The first-order valence-corrected chi connectivity index (χ1v) is 14.3. The van der Waals surface area contributed by atoms with E-state index < -0.39 is 28.5 Å². The summed E-state index contributed by atoms with van der Waals surface area (Å²) in [4.78, 5) is 28.4. The molecule has 0 saturated carbocycles. The first kappa shape index (κ1) is 28.9. The Balaban J connectivity index is 1.98. The molecule has 0 aliphatic rings. The van der Waals surface area contributed by atoms with Crippen molar-refractivity contribution in [3.05, 3.63) is 95.6 Å². The zero-order chi connectivity index (χ0) is 27.7. The molecule has 0 heterocycles. The summed E-state index contributed by atoms with van der Waals surface area (Å²) in [5.41, 5.74) is 3.24. The minimum atomic E-state index is -4.05. The predicted molar refractivity (Wildman–Crippen MR) is 151 cm³/mol. The van der Waals surface area contributed by atoms with E-state index in [0.717, 1.165) is 33.8 Å². The number of nitrogens with zero attached hydrogens (tertiary/aromatic N) is 2. The number of benzene rings is 3. The Labute approximate surface area is 226 Å². The number of carbonyl (C=O) groups excluding carboxylic acids is 2. The van der Waals surface area contributed by atoms with E-state index in [1.807, 2.05) is 57.2 Å². The summed E-state index contributed by atoms with van der Waals surface area (Å²) in [5, 5.41) is 2.90. The van der Waals surface area contributed by atoms with Crippen LogP contribution in [-0.4, -0.2) is 44.3 Å². The van der Waals surface area contributed by atoms with Gasteiger partial charge >= 0.3 is 0 Å². The van der Waals surface area contributed by atoms with Crippen molar-refractivity contribution in [3.8, 4) is 0 Å². The second-order valence-electron chi connectivity index (χ2n) is 9.49. The van der Waals surface area contributed by atoms with Gasteiger partial charge < -0.3 is 10.2 Å². The maximum absolute atomic E-state index is 13.9. The van der Waals surface area contributed by atoms with E-state index in [1.54, 1.807) is 37.3 Å². The van der Waals surface area contributed by atoms with Crippen LogP contribution in [0.5, 0.6) is 0 Å².